The van der Waals surface area contributed by atoms with Crippen molar-refractivity contribution in [2.75, 3.05) is 18.4 Å². The minimum absolute atomic E-state index is 0.135. The van der Waals surface area contributed by atoms with Gasteiger partial charge in [-0.1, -0.05) is 15.9 Å². The van der Waals surface area contributed by atoms with Crippen LogP contribution >= 0.6 is 15.9 Å². The number of nitrogens with zero attached hydrogens (tertiary/aromatic N) is 1. The standard InChI is InChI=1S/C14H16BrFN2O2/c1-8-11(15)4-5-12(13(8)16)17-14(19)18-6-9-2-3-10(7-18)20-9/h4-5,9-10H,2-3,6-7H2,1H3,(H,17,19)/t9-,10+. The van der Waals surface area contributed by atoms with E-state index in [4.69, 9.17) is 4.74 Å². The van der Waals surface area contributed by atoms with Gasteiger partial charge in [0.1, 0.15) is 0 Å². The number of urea groups is 1. The Morgan fingerprint density at radius 3 is 2.70 bits per heavy atom. The number of morpholine rings is 1. The summed E-state index contributed by atoms with van der Waals surface area (Å²) in [5, 5.41) is 2.65. The summed E-state index contributed by atoms with van der Waals surface area (Å²) in [5.41, 5.74) is 0.708. The second-order valence-electron chi connectivity index (χ2n) is 5.33. The summed E-state index contributed by atoms with van der Waals surface area (Å²) in [6.07, 6.45) is 2.27. The lowest BCUT2D eigenvalue weighted by Crippen LogP contribution is -2.47. The van der Waals surface area contributed by atoms with Gasteiger partial charge in [-0.25, -0.2) is 9.18 Å². The number of rotatable bonds is 1. The number of carbonyl (C=O) groups excluding carboxylic acids is 1. The smallest absolute Gasteiger partial charge is 0.322 e. The van der Waals surface area contributed by atoms with Gasteiger partial charge in [-0.15, -0.1) is 0 Å². The first-order chi connectivity index (χ1) is 9.54. The third-order valence-electron chi connectivity index (χ3n) is 3.89. The van der Waals surface area contributed by atoms with Crippen molar-refractivity contribution in [3.63, 3.8) is 0 Å². The Hall–Kier alpha value is -1.14. The summed E-state index contributed by atoms with van der Waals surface area (Å²) >= 11 is 3.27. The summed E-state index contributed by atoms with van der Waals surface area (Å²) < 4.78 is 20.4. The molecule has 2 aliphatic rings. The number of hydrogen-bond acceptors (Lipinski definition) is 2. The molecule has 0 spiro atoms. The van der Waals surface area contributed by atoms with Crippen LogP contribution in [0.3, 0.4) is 0 Å². The lowest BCUT2D eigenvalue weighted by Gasteiger charge is -2.32. The monoisotopic (exact) mass is 342 g/mol. The third kappa shape index (κ3) is 2.54. The second-order valence-corrected chi connectivity index (χ2v) is 6.18. The fourth-order valence-corrected chi connectivity index (χ4v) is 3.04. The number of carbonyl (C=O) groups is 1. The minimum atomic E-state index is -0.399. The number of hydrogen-bond donors (Lipinski definition) is 1. The van der Waals surface area contributed by atoms with Crippen LogP contribution in [-0.2, 0) is 4.74 Å². The molecule has 20 heavy (non-hydrogen) atoms. The number of benzene rings is 1. The van der Waals surface area contributed by atoms with Gasteiger partial charge >= 0.3 is 6.03 Å². The lowest BCUT2D eigenvalue weighted by atomic mass is 10.2. The Kier molecular flexibility index (Phi) is 3.69. The molecule has 2 fully saturated rings. The van der Waals surface area contributed by atoms with Crippen LogP contribution in [0.1, 0.15) is 18.4 Å². The molecule has 1 N–H and O–H groups in total. The number of likely N-dealkylation sites (tertiary alicyclic amines) is 1. The first-order valence-electron chi connectivity index (χ1n) is 6.70. The highest BCUT2D eigenvalue weighted by Crippen LogP contribution is 2.28. The van der Waals surface area contributed by atoms with E-state index in [1.165, 1.54) is 0 Å². The van der Waals surface area contributed by atoms with E-state index < -0.39 is 5.82 Å². The predicted molar refractivity (Wildman–Crippen MR) is 77.3 cm³/mol. The van der Waals surface area contributed by atoms with Crippen molar-refractivity contribution < 1.29 is 13.9 Å². The van der Waals surface area contributed by atoms with E-state index in [9.17, 15) is 9.18 Å². The molecule has 2 saturated heterocycles. The van der Waals surface area contributed by atoms with E-state index >= 15 is 0 Å². The van der Waals surface area contributed by atoms with E-state index in [0.717, 1.165) is 12.8 Å². The number of anilines is 1. The van der Waals surface area contributed by atoms with Crippen LogP contribution in [0.2, 0.25) is 0 Å². The highest BCUT2D eigenvalue weighted by atomic mass is 79.9. The zero-order chi connectivity index (χ0) is 14.3. The molecule has 0 saturated carbocycles. The molecular formula is C14H16BrFN2O2. The molecule has 0 unspecified atom stereocenters. The van der Waals surface area contributed by atoms with Gasteiger partial charge in [-0.2, -0.15) is 0 Å². The van der Waals surface area contributed by atoms with Crippen LogP contribution in [-0.4, -0.2) is 36.2 Å². The van der Waals surface area contributed by atoms with E-state index in [1.54, 1.807) is 24.0 Å². The molecule has 2 amide bonds. The van der Waals surface area contributed by atoms with Crippen LogP contribution in [0.4, 0.5) is 14.9 Å². The maximum atomic E-state index is 14.1. The van der Waals surface area contributed by atoms with Gasteiger partial charge in [0.15, 0.2) is 5.82 Å². The topological polar surface area (TPSA) is 41.6 Å². The highest BCUT2D eigenvalue weighted by Gasteiger charge is 2.35. The molecule has 2 heterocycles. The Morgan fingerprint density at radius 1 is 1.40 bits per heavy atom. The fraction of sp³-hybridized carbons (Fsp3) is 0.500. The van der Waals surface area contributed by atoms with Crippen LogP contribution in [0, 0.1) is 12.7 Å². The third-order valence-corrected chi connectivity index (χ3v) is 4.75. The Labute approximate surface area is 125 Å². The van der Waals surface area contributed by atoms with E-state index in [-0.39, 0.29) is 23.9 Å². The van der Waals surface area contributed by atoms with Gasteiger partial charge < -0.3 is 15.0 Å². The lowest BCUT2D eigenvalue weighted by molar-refractivity contribution is -0.0219. The summed E-state index contributed by atoms with van der Waals surface area (Å²) in [6, 6.07) is 3.04. The van der Waals surface area contributed by atoms with Gasteiger partial charge in [0.25, 0.3) is 0 Å². The summed E-state index contributed by atoms with van der Waals surface area (Å²) in [7, 11) is 0. The molecule has 1 aromatic carbocycles. The van der Waals surface area contributed by atoms with Crippen LogP contribution in [0.25, 0.3) is 0 Å². The fourth-order valence-electron chi connectivity index (χ4n) is 2.73. The first-order valence-corrected chi connectivity index (χ1v) is 7.50. The normalized spacial score (nSPS) is 24.9. The van der Waals surface area contributed by atoms with Crippen molar-refractivity contribution in [1.29, 1.82) is 0 Å². The Bertz CT molecular complexity index is 540. The molecule has 2 bridgehead atoms. The van der Waals surface area contributed by atoms with Crippen molar-refractivity contribution in [1.82, 2.24) is 4.90 Å². The molecule has 4 nitrogen and oxygen atoms in total. The van der Waals surface area contributed by atoms with E-state index in [1.807, 2.05) is 0 Å². The number of amides is 2. The first kappa shape index (κ1) is 13.8. The zero-order valence-corrected chi connectivity index (χ0v) is 12.7. The summed E-state index contributed by atoms with van der Waals surface area (Å²) in [5.74, 6) is -0.399. The number of fused-ring (bicyclic) bond motifs is 2. The largest absolute Gasteiger partial charge is 0.371 e. The van der Waals surface area contributed by atoms with Gasteiger partial charge in [-0.3, -0.25) is 0 Å². The number of halogens is 2. The molecule has 0 aromatic heterocycles. The van der Waals surface area contributed by atoms with Crippen molar-refractivity contribution in [3.8, 4) is 0 Å². The molecular weight excluding hydrogens is 327 g/mol. The van der Waals surface area contributed by atoms with Gasteiger partial charge in [0.05, 0.1) is 17.9 Å². The van der Waals surface area contributed by atoms with Gasteiger partial charge in [-0.05, 0) is 31.9 Å². The van der Waals surface area contributed by atoms with Crippen LogP contribution in [0.5, 0.6) is 0 Å². The predicted octanol–water partition coefficient (Wildman–Crippen LogP) is 3.29. The zero-order valence-electron chi connectivity index (χ0n) is 11.2. The van der Waals surface area contributed by atoms with Crippen LogP contribution < -0.4 is 5.32 Å². The molecule has 3 rings (SSSR count). The quantitative estimate of drug-likeness (QED) is 0.850. The van der Waals surface area contributed by atoms with Crippen molar-refractivity contribution >= 4 is 27.6 Å². The SMILES string of the molecule is Cc1c(Br)ccc(NC(=O)N2C[C@H]3CC[C@@H](C2)O3)c1F. The average Bonchev–Trinajstić information content (AvgIpc) is 2.78. The molecule has 0 aliphatic carbocycles. The summed E-state index contributed by atoms with van der Waals surface area (Å²) in [6.45, 7) is 2.84. The van der Waals surface area contributed by atoms with Gasteiger partial charge in [0.2, 0.25) is 0 Å². The van der Waals surface area contributed by atoms with E-state index in [0.29, 0.717) is 23.1 Å². The van der Waals surface area contributed by atoms with Crippen molar-refractivity contribution in [3.05, 3.63) is 28.0 Å². The molecule has 0 radical (unpaired) electrons. The average molecular weight is 343 g/mol. The number of ether oxygens (including phenoxy) is 1. The molecule has 6 heteroatoms. The maximum absolute atomic E-state index is 14.1. The van der Waals surface area contributed by atoms with Crippen molar-refractivity contribution in [2.45, 2.75) is 32.0 Å². The summed E-state index contributed by atoms with van der Waals surface area (Å²) in [4.78, 5) is 13.9. The molecule has 1 aromatic rings. The molecule has 108 valence electrons. The van der Waals surface area contributed by atoms with Crippen molar-refractivity contribution in [2.24, 2.45) is 0 Å². The number of nitrogens with one attached hydrogen (secondary N) is 1. The second kappa shape index (κ2) is 5.33. The highest BCUT2D eigenvalue weighted by molar-refractivity contribution is 9.10. The molecule has 2 atom stereocenters. The van der Waals surface area contributed by atoms with Crippen LogP contribution in [0.15, 0.2) is 16.6 Å². The van der Waals surface area contributed by atoms with E-state index in [2.05, 4.69) is 21.2 Å². The minimum Gasteiger partial charge on any atom is -0.371 e. The molecule has 2 aliphatic heterocycles. The Morgan fingerprint density at radius 2 is 2.05 bits per heavy atom. The Balaban J connectivity index is 1.72. The maximum Gasteiger partial charge on any atom is 0.322 e. The van der Waals surface area contributed by atoms with Gasteiger partial charge in [0, 0.05) is 23.1 Å².